The number of benzene rings is 2. The van der Waals surface area contributed by atoms with Crippen LogP contribution in [-0.2, 0) is 0 Å². The number of rotatable bonds is 2. The summed E-state index contributed by atoms with van der Waals surface area (Å²) in [5, 5.41) is 15.4. The highest BCUT2D eigenvalue weighted by molar-refractivity contribution is 6.32. The van der Waals surface area contributed by atoms with Crippen LogP contribution in [0.2, 0.25) is 5.02 Å². The maximum Gasteiger partial charge on any atom is 0.261 e. The topological polar surface area (TPSA) is 106 Å². The van der Waals surface area contributed by atoms with Gasteiger partial charge in [-0.25, -0.2) is 4.68 Å². The quantitative estimate of drug-likeness (QED) is 0.512. The number of hydrogen-bond donors (Lipinski definition) is 3. The van der Waals surface area contributed by atoms with Crippen LogP contribution in [0.3, 0.4) is 0 Å². The standard InChI is InChI=1S/C17H13ClN4O3/c1-25-9-3-5-11(18)13(7-9)22-16(19)14-15(21-22)10-4-2-8(23)6-12(10)20-17(14)24/h2-7,23H,19H2,1H3,(H,20,24). The van der Waals surface area contributed by atoms with E-state index < -0.39 is 5.56 Å². The van der Waals surface area contributed by atoms with Crippen molar-refractivity contribution in [3.8, 4) is 17.2 Å². The molecule has 0 fully saturated rings. The smallest absolute Gasteiger partial charge is 0.261 e. The molecule has 4 aromatic rings. The van der Waals surface area contributed by atoms with Gasteiger partial charge in [0, 0.05) is 17.5 Å². The normalized spacial score (nSPS) is 11.3. The lowest BCUT2D eigenvalue weighted by Crippen LogP contribution is -2.08. The lowest BCUT2D eigenvalue weighted by atomic mass is 10.1. The third-order valence-corrected chi connectivity index (χ3v) is 4.36. The lowest BCUT2D eigenvalue weighted by molar-refractivity contribution is 0.414. The molecule has 2 heterocycles. The van der Waals surface area contributed by atoms with Crippen LogP contribution in [0.25, 0.3) is 27.5 Å². The summed E-state index contributed by atoms with van der Waals surface area (Å²) in [5.74, 6) is 0.800. The Kier molecular flexibility index (Phi) is 3.33. The molecule has 0 spiro atoms. The molecule has 0 atom stereocenters. The summed E-state index contributed by atoms with van der Waals surface area (Å²) in [5.41, 5.74) is 7.19. The fraction of sp³-hybridized carbons (Fsp3) is 0.0588. The van der Waals surface area contributed by atoms with Gasteiger partial charge < -0.3 is 20.6 Å². The van der Waals surface area contributed by atoms with E-state index in [4.69, 9.17) is 22.1 Å². The number of aromatic hydroxyl groups is 1. The van der Waals surface area contributed by atoms with Crippen LogP contribution >= 0.6 is 11.6 Å². The molecule has 0 bridgehead atoms. The Bertz CT molecular complexity index is 1200. The van der Waals surface area contributed by atoms with Crippen molar-refractivity contribution < 1.29 is 9.84 Å². The van der Waals surface area contributed by atoms with Crippen LogP contribution in [0, 0.1) is 0 Å². The maximum absolute atomic E-state index is 12.4. The van der Waals surface area contributed by atoms with Gasteiger partial charge in [0.2, 0.25) is 0 Å². The molecular weight excluding hydrogens is 344 g/mol. The third kappa shape index (κ3) is 2.28. The number of ether oxygens (including phenoxy) is 1. The van der Waals surface area contributed by atoms with E-state index in [0.717, 1.165) is 0 Å². The second-order valence-electron chi connectivity index (χ2n) is 5.52. The molecule has 4 rings (SSSR count). The van der Waals surface area contributed by atoms with E-state index >= 15 is 0 Å². The Morgan fingerprint density at radius 2 is 2.08 bits per heavy atom. The highest BCUT2D eigenvalue weighted by Gasteiger charge is 2.18. The number of pyridine rings is 1. The van der Waals surface area contributed by atoms with Crippen LogP contribution in [0.1, 0.15) is 0 Å². The fourth-order valence-corrected chi connectivity index (χ4v) is 3.03. The van der Waals surface area contributed by atoms with E-state index in [0.29, 0.717) is 32.9 Å². The summed E-state index contributed by atoms with van der Waals surface area (Å²) in [6.07, 6.45) is 0. The van der Waals surface area contributed by atoms with E-state index in [1.807, 2.05) is 0 Å². The molecule has 8 heteroatoms. The molecule has 0 radical (unpaired) electrons. The number of fused-ring (bicyclic) bond motifs is 3. The lowest BCUT2D eigenvalue weighted by Gasteiger charge is -2.08. The molecule has 0 unspecified atom stereocenters. The first-order valence-electron chi connectivity index (χ1n) is 7.36. The molecule has 126 valence electrons. The molecule has 4 N–H and O–H groups in total. The van der Waals surface area contributed by atoms with E-state index in [9.17, 15) is 9.90 Å². The number of phenols is 1. The summed E-state index contributed by atoms with van der Waals surface area (Å²) >= 11 is 6.28. The Balaban J connectivity index is 2.11. The maximum atomic E-state index is 12.4. The van der Waals surface area contributed by atoms with E-state index in [1.165, 1.54) is 16.8 Å². The average Bonchev–Trinajstić information content (AvgIpc) is 2.93. The average molecular weight is 357 g/mol. The first-order chi connectivity index (χ1) is 12.0. The molecule has 25 heavy (non-hydrogen) atoms. The van der Waals surface area contributed by atoms with Gasteiger partial charge in [-0.05, 0) is 24.3 Å². The Morgan fingerprint density at radius 3 is 2.84 bits per heavy atom. The number of nitrogens with one attached hydrogen (secondary N) is 1. The number of nitrogens with two attached hydrogens (primary N) is 1. The van der Waals surface area contributed by atoms with Crippen molar-refractivity contribution in [3.05, 3.63) is 51.8 Å². The number of H-pyrrole nitrogens is 1. The molecule has 2 aromatic heterocycles. The molecular formula is C17H13ClN4O3. The van der Waals surface area contributed by atoms with Crippen molar-refractivity contribution in [1.29, 1.82) is 0 Å². The molecule has 0 saturated carbocycles. The van der Waals surface area contributed by atoms with Crippen LogP contribution in [-0.4, -0.2) is 27.0 Å². The first-order valence-corrected chi connectivity index (χ1v) is 7.74. The van der Waals surface area contributed by atoms with Crippen LogP contribution in [0.5, 0.6) is 11.5 Å². The summed E-state index contributed by atoms with van der Waals surface area (Å²) in [7, 11) is 1.54. The first kappa shape index (κ1) is 15.3. The zero-order valence-corrected chi connectivity index (χ0v) is 13.8. The molecule has 7 nitrogen and oxygen atoms in total. The molecule has 0 aliphatic rings. The van der Waals surface area contributed by atoms with Gasteiger partial charge in [-0.1, -0.05) is 11.6 Å². The molecule has 2 aromatic carbocycles. The van der Waals surface area contributed by atoms with E-state index in [2.05, 4.69) is 10.1 Å². The van der Waals surface area contributed by atoms with Crippen molar-refractivity contribution >= 4 is 39.2 Å². The SMILES string of the molecule is COc1ccc(Cl)c(-n2nc3c(c2N)c(=O)[nH]c2cc(O)ccc23)c1. The van der Waals surface area contributed by atoms with Gasteiger partial charge in [0.05, 0.1) is 23.3 Å². The number of phenolic OH excluding ortho intramolecular Hbond substituents is 1. The van der Waals surface area contributed by atoms with Crippen LogP contribution in [0.15, 0.2) is 41.2 Å². The summed E-state index contributed by atoms with van der Waals surface area (Å²) in [6, 6.07) is 9.73. The minimum atomic E-state index is -0.393. The number of halogens is 1. The van der Waals surface area contributed by atoms with Crippen molar-refractivity contribution in [1.82, 2.24) is 14.8 Å². The number of methoxy groups -OCH3 is 1. The third-order valence-electron chi connectivity index (χ3n) is 4.04. The minimum absolute atomic E-state index is 0.0470. The molecule has 0 saturated heterocycles. The van der Waals surface area contributed by atoms with Gasteiger partial charge in [-0.15, -0.1) is 0 Å². The van der Waals surface area contributed by atoms with Gasteiger partial charge in [-0.2, -0.15) is 5.10 Å². The van der Waals surface area contributed by atoms with Crippen LogP contribution < -0.4 is 16.0 Å². The Morgan fingerprint density at radius 1 is 1.28 bits per heavy atom. The van der Waals surface area contributed by atoms with Gasteiger partial charge in [0.25, 0.3) is 5.56 Å². The second kappa shape index (κ2) is 5.42. The highest BCUT2D eigenvalue weighted by Crippen LogP contribution is 2.32. The van der Waals surface area contributed by atoms with E-state index in [-0.39, 0.29) is 17.0 Å². The van der Waals surface area contributed by atoms with Crippen LogP contribution in [0.4, 0.5) is 5.82 Å². The molecule has 0 aliphatic carbocycles. The van der Waals surface area contributed by atoms with Crippen molar-refractivity contribution in [2.45, 2.75) is 0 Å². The van der Waals surface area contributed by atoms with Gasteiger partial charge in [0.15, 0.2) is 0 Å². The predicted molar refractivity (Wildman–Crippen MR) is 96.8 cm³/mol. The predicted octanol–water partition coefficient (Wildman–Crippen LogP) is 2.82. The number of aromatic nitrogens is 3. The van der Waals surface area contributed by atoms with Gasteiger partial charge in [-0.3, -0.25) is 4.79 Å². The number of anilines is 1. The summed E-state index contributed by atoms with van der Waals surface area (Å²) in [6.45, 7) is 0. The van der Waals surface area contributed by atoms with Crippen molar-refractivity contribution in [2.24, 2.45) is 0 Å². The number of nitrogen functional groups attached to an aromatic ring is 1. The zero-order chi connectivity index (χ0) is 17.7. The Labute approximate surface area is 146 Å². The molecule has 0 amide bonds. The summed E-state index contributed by atoms with van der Waals surface area (Å²) in [4.78, 5) is 15.2. The van der Waals surface area contributed by atoms with Crippen molar-refractivity contribution in [3.63, 3.8) is 0 Å². The highest BCUT2D eigenvalue weighted by atomic mass is 35.5. The second-order valence-corrected chi connectivity index (χ2v) is 5.93. The number of nitrogens with zero attached hydrogens (tertiary/aromatic N) is 2. The number of aromatic amines is 1. The molecule has 0 aliphatic heterocycles. The monoisotopic (exact) mass is 356 g/mol. The Hall–Kier alpha value is -3.19. The minimum Gasteiger partial charge on any atom is -0.508 e. The summed E-state index contributed by atoms with van der Waals surface area (Å²) < 4.78 is 6.63. The van der Waals surface area contributed by atoms with Gasteiger partial charge in [0.1, 0.15) is 28.2 Å². The fourth-order valence-electron chi connectivity index (χ4n) is 2.84. The number of hydrogen-bond acceptors (Lipinski definition) is 5. The largest absolute Gasteiger partial charge is 0.508 e. The van der Waals surface area contributed by atoms with E-state index in [1.54, 1.807) is 31.4 Å². The van der Waals surface area contributed by atoms with Crippen molar-refractivity contribution in [2.75, 3.05) is 12.8 Å². The van der Waals surface area contributed by atoms with Gasteiger partial charge >= 0.3 is 0 Å². The zero-order valence-electron chi connectivity index (χ0n) is 13.1.